The van der Waals surface area contributed by atoms with Crippen LogP contribution in [0.4, 0.5) is 0 Å². The second-order valence-electron chi connectivity index (χ2n) is 1.99. The van der Waals surface area contributed by atoms with Gasteiger partial charge in [-0.25, -0.2) is 0 Å². The van der Waals surface area contributed by atoms with Gasteiger partial charge in [-0.3, -0.25) is 4.98 Å². The van der Waals surface area contributed by atoms with Crippen molar-refractivity contribution in [2.24, 2.45) is 0 Å². The first kappa shape index (κ1) is 7.97. The molecular weight excluding hydrogens is 146 g/mol. The summed E-state index contributed by atoms with van der Waals surface area (Å²) in [6.07, 6.45) is -0.0850. The monoisotopic (exact) mass is 155 g/mol. The molecule has 0 saturated carbocycles. The number of hydrogen-bond donors (Lipinski definition) is 2. The number of rotatable bonds is 2. The van der Waals surface area contributed by atoms with E-state index >= 15 is 0 Å². The predicted molar refractivity (Wildman–Crippen MR) is 38.0 cm³/mol. The van der Waals surface area contributed by atoms with Crippen LogP contribution in [0.25, 0.3) is 0 Å². The lowest BCUT2D eigenvalue weighted by Gasteiger charge is -2.03. The molecule has 11 heavy (non-hydrogen) atoms. The van der Waals surface area contributed by atoms with Gasteiger partial charge in [0.15, 0.2) is 6.29 Å². The van der Waals surface area contributed by atoms with Gasteiger partial charge in [0.05, 0.1) is 12.8 Å². The largest absolute Gasteiger partial charge is 0.497 e. The number of aliphatic hydroxyl groups is 2. The quantitative estimate of drug-likeness (QED) is 0.593. The van der Waals surface area contributed by atoms with E-state index in [1.807, 2.05) is 0 Å². The Kier molecular flexibility index (Phi) is 2.40. The molecule has 60 valence electrons. The van der Waals surface area contributed by atoms with Crippen molar-refractivity contribution < 1.29 is 14.9 Å². The maximum Gasteiger partial charge on any atom is 0.196 e. The van der Waals surface area contributed by atoms with Crippen molar-refractivity contribution in [3.8, 4) is 5.75 Å². The van der Waals surface area contributed by atoms with Gasteiger partial charge in [-0.15, -0.1) is 0 Å². The molecule has 1 aromatic heterocycles. The SMILES string of the molecule is COc1ccnc(C(O)O)c1. The molecule has 0 atom stereocenters. The molecule has 1 aromatic rings. The summed E-state index contributed by atoms with van der Waals surface area (Å²) in [5.74, 6) is 0.558. The number of aliphatic hydroxyl groups excluding tert-OH is 1. The maximum absolute atomic E-state index is 8.68. The summed E-state index contributed by atoms with van der Waals surface area (Å²) >= 11 is 0. The average molecular weight is 155 g/mol. The van der Waals surface area contributed by atoms with Crippen molar-refractivity contribution in [3.63, 3.8) is 0 Å². The minimum Gasteiger partial charge on any atom is -0.497 e. The van der Waals surface area contributed by atoms with Gasteiger partial charge in [0.25, 0.3) is 0 Å². The van der Waals surface area contributed by atoms with E-state index in [2.05, 4.69) is 4.98 Å². The highest BCUT2D eigenvalue weighted by Gasteiger charge is 2.03. The molecule has 0 fully saturated rings. The van der Waals surface area contributed by atoms with Crippen LogP contribution in [0.5, 0.6) is 5.75 Å². The maximum atomic E-state index is 8.68. The van der Waals surface area contributed by atoms with Crippen LogP contribution in [-0.2, 0) is 0 Å². The van der Waals surface area contributed by atoms with Crippen LogP contribution in [0.2, 0.25) is 0 Å². The third kappa shape index (κ3) is 1.89. The van der Waals surface area contributed by atoms with Crippen LogP contribution < -0.4 is 4.74 Å². The Labute approximate surface area is 64.1 Å². The molecule has 2 N–H and O–H groups in total. The van der Waals surface area contributed by atoms with E-state index in [-0.39, 0.29) is 5.69 Å². The zero-order chi connectivity index (χ0) is 8.27. The van der Waals surface area contributed by atoms with E-state index in [4.69, 9.17) is 14.9 Å². The van der Waals surface area contributed by atoms with Gasteiger partial charge >= 0.3 is 0 Å². The molecule has 4 nitrogen and oxygen atoms in total. The normalized spacial score (nSPS) is 10.2. The summed E-state index contributed by atoms with van der Waals surface area (Å²) in [6, 6.07) is 3.09. The van der Waals surface area contributed by atoms with Crippen molar-refractivity contribution in [2.75, 3.05) is 7.11 Å². The summed E-state index contributed by atoms with van der Waals surface area (Å²) in [6.45, 7) is 0. The lowest BCUT2D eigenvalue weighted by molar-refractivity contribution is -0.0459. The van der Waals surface area contributed by atoms with Crippen LogP contribution >= 0.6 is 0 Å². The van der Waals surface area contributed by atoms with Crippen LogP contribution in [-0.4, -0.2) is 22.3 Å². The first-order valence-electron chi connectivity index (χ1n) is 3.10. The molecule has 0 unspecified atom stereocenters. The van der Waals surface area contributed by atoms with E-state index < -0.39 is 6.29 Å². The van der Waals surface area contributed by atoms with Gasteiger partial charge in [0.1, 0.15) is 5.75 Å². The molecule has 1 rings (SSSR count). The minimum atomic E-state index is -1.54. The molecule has 0 aliphatic heterocycles. The summed E-state index contributed by atoms with van der Waals surface area (Å²) in [5.41, 5.74) is 0.185. The van der Waals surface area contributed by atoms with E-state index in [1.54, 1.807) is 6.07 Å². The smallest absolute Gasteiger partial charge is 0.196 e. The fourth-order valence-electron chi connectivity index (χ4n) is 0.696. The van der Waals surface area contributed by atoms with Gasteiger partial charge < -0.3 is 14.9 Å². The van der Waals surface area contributed by atoms with Gasteiger partial charge in [-0.2, -0.15) is 0 Å². The molecule has 1 heterocycles. The Hall–Kier alpha value is -1.13. The topological polar surface area (TPSA) is 62.6 Å². The highest BCUT2D eigenvalue weighted by molar-refractivity contribution is 5.22. The van der Waals surface area contributed by atoms with Gasteiger partial charge in [0, 0.05) is 12.3 Å². The molecule has 0 aromatic carbocycles. The van der Waals surface area contributed by atoms with Crippen LogP contribution in [0.1, 0.15) is 12.0 Å². The zero-order valence-electron chi connectivity index (χ0n) is 6.06. The number of hydrogen-bond acceptors (Lipinski definition) is 4. The molecule has 0 aliphatic rings. The Bertz CT molecular complexity index is 237. The van der Waals surface area contributed by atoms with Crippen molar-refractivity contribution in [2.45, 2.75) is 6.29 Å². The van der Waals surface area contributed by atoms with E-state index in [9.17, 15) is 0 Å². The lowest BCUT2D eigenvalue weighted by Crippen LogP contribution is -1.98. The summed E-state index contributed by atoms with van der Waals surface area (Å²) in [5, 5.41) is 17.4. The van der Waals surface area contributed by atoms with E-state index in [0.717, 1.165) is 0 Å². The number of pyridine rings is 1. The van der Waals surface area contributed by atoms with Gasteiger partial charge in [-0.05, 0) is 6.07 Å². The fraction of sp³-hybridized carbons (Fsp3) is 0.286. The van der Waals surface area contributed by atoms with Crippen molar-refractivity contribution >= 4 is 0 Å². The molecule has 0 amide bonds. The minimum absolute atomic E-state index is 0.185. The third-order valence-corrected chi connectivity index (χ3v) is 1.25. The molecule has 0 spiro atoms. The first-order chi connectivity index (χ1) is 5.24. The summed E-state index contributed by atoms with van der Waals surface area (Å²) < 4.78 is 4.84. The third-order valence-electron chi connectivity index (χ3n) is 1.25. The number of methoxy groups -OCH3 is 1. The zero-order valence-corrected chi connectivity index (χ0v) is 6.06. The summed E-state index contributed by atoms with van der Waals surface area (Å²) in [7, 11) is 1.50. The van der Waals surface area contributed by atoms with Crippen LogP contribution in [0.3, 0.4) is 0 Å². The Balaban J connectivity index is 2.91. The molecule has 4 heteroatoms. The Morgan fingerprint density at radius 1 is 1.55 bits per heavy atom. The molecule has 0 radical (unpaired) electrons. The van der Waals surface area contributed by atoms with Gasteiger partial charge in [-0.1, -0.05) is 0 Å². The van der Waals surface area contributed by atoms with E-state index in [0.29, 0.717) is 5.75 Å². The van der Waals surface area contributed by atoms with Gasteiger partial charge in [0.2, 0.25) is 0 Å². The van der Waals surface area contributed by atoms with Crippen molar-refractivity contribution in [1.29, 1.82) is 0 Å². The molecule has 0 saturated heterocycles. The Morgan fingerprint density at radius 3 is 2.82 bits per heavy atom. The molecule has 0 bridgehead atoms. The van der Waals surface area contributed by atoms with Crippen LogP contribution in [0.15, 0.2) is 18.3 Å². The number of aromatic nitrogens is 1. The van der Waals surface area contributed by atoms with Crippen molar-refractivity contribution in [3.05, 3.63) is 24.0 Å². The highest BCUT2D eigenvalue weighted by Crippen LogP contribution is 2.13. The number of nitrogens with zero attached hydrogens (tertiary/aromatic N) is 1. The average Bonchev–Trinajstić information content (AvgIpc) is 2.05. The van der Waals surface area contributed by atoms with E-state index in [1.165, 1.54) is 19.4 Å². The second kappa shape index (κ2) is 3.32. The number of ether oxygens (including phenoxy) is 1. The second-order valence-corrected chi connectivity index (χ2v) is 1.99. The lowest BCUT2D eigenvalue weighted by atomic mass is 10.3. The van der Waals surface area contributed by atoms with Crippen molar-refractivity contribution in [1.82, 2.24) is 4.98 Å². The van der Waals surface area contributed by atoms with Crippen LogP contribution in [0, 0.1) is 0 Å². The molecular formula is C7H9NO3. The fourth-order valence-corrected chi connectivity index (χ4v) is 0.696. The summed E-state index contributed by atoms with van der Waals surface area (Å²) in [4.78, 5) is 3.71. The molecule has 0 aliphatic carbocycles. The standard InChI is InChI=1S/C7H9NO3/c1-11-5-2-3-8-6(4-5)7(9)10/h2-4,7,9-10H,1H3. The highest BCUT2D eigenvalue weighted by atomic mass is 16.5. The predicted octanol–water partition coefficient (Wildman–Crippen LogP) is 0.0734. The first-order valence-corrected chi connectivity index (χ1v) is 3.10. The Morgan fingerprint density at radius 2 is 2.27 bits per heavy atom.